The van der Waals surface area contributed by atoms with Gasteiger partial charge in [-0.2, -0.15) is 0 Å². The molecule has 18 heavy (non-hydrogen) atoms. The van der Waals surface area contributed by atoms with Crippen LogP contribution in [0, 0.1) is 5.82 Å². The minimum absolute atomic E-state index is 0.118. The zero-order chi connectivity index (χ0) is 13.1. The van der Waals surface area contributed by atoms with Crippen LogP contribution < -0.4 is 5.32 Å². The topological polar surface area (TPSA) is 42.0 Å². The molecule has 1 N–H and O–H groups in total. The lowest BCUT2D eigenvalue weighted by atomic mass is 10.3. The van der Waals surface area contributed by atoms with Crippen LogP contribution in [0.25, 0.3) is 0 Å². The van der Waals surface area contributed by atoms with Crippen LogP contribution in [0.15, 0.2) is 45.5 Å². The minimum atomic E-state index is -0.505. The Morgan fingerprint density at radius 3 is 2.50 bits per heavy atom. The van der Waals surface area contributed by atoms with Crippen LogP contribution in [-0.4, -0.2) is 10.9 Å². The van der Waals surface area contributed by atoms with E-state index in [9.17, 15) is 9.18 Å². The van der Waals surface area contributed by atoms with Gasteiger partial charge in [0.1, 0.15) is 11.5 Å². The van der Waals surface area contributed by atoms with Crippen molar-refractivity contribution in [2.24, 2.45) is 0 Å². The summed E-state index contributed by atoms with van der Waals surface area (Å²) in [4.78, 5) is 15.7. The molecule has 2 aromatic rings. The minimum Gasteiger partial charge on any atom is -0.318 e. The first-order valence-corrected chi connectivity index (χ1v) is 6.53. The summed E-state index contributed by atoms with van der Waals surface area (Å²) in [6.07, 6.45) is 1.51. The third kappa shape index (κ3) is 3.14. The molecule has 0 saturated carbocycles. The lowest BCUT2D eigenvalue weighted by molar-refractivity contribution is 0.102. The van der Waals surface area contributed by atoms with Crippen LogP contribution in [-0.2, 0) is 0 Å². The summed E-state index contributed by atoms with van der Waals surface area (Å²) < 4.78 is 14.9. The van der Waals surface area contributed by atoms with Gasteiger partial charge in [0.05, 0.1) is 5.69 Å². The van der Waals surface area contributed by atoms with Gasteiger partial charge in [0.15, 0.2) is 0 Å². The number of carbonyl (C=O) groups excluding carboxylic acids is 1. The number of nitrogens with zero attached hydrogens (tertiary/aromatic N) is 1. The Morgan fingerprint density at radius 1 is 1.17 bits per heavy atom. The monoisotopic (exact) mass is 372 g/mol. The molecular formula is C12H7Br2FN2O. The first kappa shape index (κ1) is 13.2. The third-order valence-electron chi connectivity index (χ3n) is 2.14. The van der Waals surface area contributed by atoms with E-state index in [1.54, 1.807) is 18.2 Å². The Labute approximate surface area is 120 Å². The number of aromatic nitrogens is 1. The van der Waals surface area contributed by atoms with Crippen LogP contribution in [0.2, 0.25) is 0 Å². The molecule has 1 aromatic heterocycles. The van der Waals surface area contributed by atoms with Gasteiger partial charge in [-0.1, -0.05) is 15.9 Å². The number of hydrogen-bond donors (Lipinski definition) is 1. The quantitative estimate of drug-likeness (QED) is 0.864. The molecule has 0 aliphatic carbocycles. The van der Waals surface area contributed by atoms with Crippen LogP contribution in [0.4, 0.5) is 10.1 Å². The van der Waals surface area contributed by atoms with Gasteiger partial charge in [-0.05, 0) is 46.3 Å². The van der Waals surface area contributed by atoms with E-state index >= 15 is 0 Å². The fourth-order valence-corrected chi connectivity index (χ4v) is 1.86. The van der Waals surface area contributed by atoms with Crippen molar-refractivity contribution in [1.29, 1.82) is 0 Å². The van der Waals surface area contributed by atoms with Gasteiger partial charge in [0.25, 0.3) is 5.91 Å². The standard InChI is InChI=1S/C12H7Br2FN2O/c13-7-1-3-10(9(15)5-7)17-12(18)11-4-2-8(14)6-16-11/h1-6H,(H,17,18). The van der Waals surface area contributed by atoms with E-state index in [1.165, 1.54) is 18.3 Å². The van der Waals surface area contributed by atoms with E-state index in [1.807, 2.05) is 0 Å². The molecule has 3 nitrogen and oxygen atoms in total. The average Bonchev–Trinajstić information content (AvgIpc) is 2.33. The van der Waals surface area contributed by atoms with Crippen molar-refractivity contribution < 1.29 is 9.18 Å². The Kier molecular flexibility index (Phi) is 4.08. The molecule has 0 aliphatic rings. The molecule has 0 atom stereocenters. The summed E-state index contributed by atoms with van der Waals surface area (Å²) in [7, 11) is 0. The number of nitrogens with one attached hydrogen (secondary N) is 1. The highest BCUT2D eigenvalue weighted by molar-refractivity contribution is 9.10. The maximum absolute atomic E-state index is 13.5. The van der Waals surface area contributed by atoms with E-state index in [2.05, 4.69) is 42.2 Å². The second-order valence-electron chi connectivity index (χ2n) is 3.44. The van der Waals surface area contributed by atoms with E-state index < -0.39 is 11.7 Å². The fourth-order valence-electron chi connectivity index (χ4n) is 1.29. The molecule has 6 heteroatoms. The molecule has 0 aliphatic heterocycles. The van der Waals surface area contributed by atoms with Crippen molar-refractivity contribution in [2.75, 3.05) is 5.32 Å². The highest BCUT2D eigenvalue weighted by Gasteiger charge is 2.10. The molecule has 0 fully saturated rings. The van der Waals surface area contributed by atoms with Gasteiger partial charge in [-0.3, -0.25) is 4.79 Å². The summed E-state index contributed by atoms with van der Waals surface area (Å²) in [5, 5.41) is 2.46. The number of benzene rings is 1. The number of halogens is 3. The Hall–Kier alpha value is -1.27. The normalized spacial score (nSPS) is 10.2. The summed E-state index contributed by atoms with van der Waals surface area (Å²) in [5.41, 5.74) is 0.341. The molecule has 2 rings (SSSR count). The van der Waals surface area contributed by atoms with Crippen molar-refractivity contribution in [3.63, 3.8) is 0 Å². The van der Waals surface area contributed by atoms with Gasteiger partial charge in [0, 0.05) is 15.1 Å². The lowest BCUT2D eigenvalue weighted by Gasteiger charge is -2.06. The van der Waals surface area contributed by atoms with Gasteiger partial charge in [0.2, 0.25) is 0 Å². The smallest absolute Gasteiger partial charge is 0.274 e. The molecule has 0 radical (unpaired) electrons. The molecular weight excluding hydrogens is 367 g/mol. The third-order valence-corrected chi connectivity index (χ3v) is 3.10. The van der Waals surface area contributed by atoms with Gasteiger partial charge in [-0.15, -0.1) is 0 Å². The largest absolute Gasteiger partial charge is 0.318 e. The molecule has 0 bridgehead atoms. The van der Waals surface area contributed by atoms with Crippen LogP contribution in [0.5, 0.6) is 0 Å². The van der Waals surface area contributed by atoms with Crippen molar-refractivity contribution in [3.05, 3.63) is 57.0 Å². The molecule has 0 saturated heterocycles. The maximum Gasteiger partial charge on any atom is 0.274 e. The van der Waals surface area contributed by atoms with Gasteiger partial charge >= 0.3 is 0 Å². The summed E-state index contributed by atoms with van der Waals surface area (Å²) in [6, 6.07) is 7.66. The fraction of sp³-hybridized carbons (Fsp3) is 0. The molecule has 1 amide bonds. The Bertz CT molecular complexity index is 587. The van der Waals surface area contributed by atoms with E-state index in [4.69, 9.17) is 0 Å². The van der Waals surface area contributed by atoms with Gasteiger partial charge in [-0.25, -0.2) is 9.37 Å². The first-order chi connectivity index (χ1) is 8.56. The SMILES string of the molecule is O=C(Nc1ccc(Br)cc1F)c1ccc(Br)cn1. The molecule has 1 aromatic carbocycles. The highest BCUT2D eigenvalue weighted by Crippen LogP contribution is 2.20. The molecule has 92 valence electrons. The van der Waals surface area contributed by atoms with Crippen LogP contribution in [0.3, 0.4) is 0 Å². The number of hydrogen-bond acceptors (Lipinski definition) is 2. The average molecular weight is 374 g/mol. The first-order valence-electron chi connectivity index (χ1n) is 4.94. The number of pyridine rings is 1. The van der Waals surface area contributed by atoms with E-state index in [0.717, 1.165) is 4.47 Å². The highest BCUT2D eigenvalue weighted by atomic mass is 79.9. The summed E-state index contributed by atoms with van der Waals surface area (Å²) in [5.74, 6) is -0.960. The zero-order valence-electron chi connectivity index (χ0n) is 8.95. The van der Waals surface area contributed by atoms with E-state index in [0.29, 0.717) is 4.47 Å². The molecule has 1 heterocycles. The van der Waals surface area contributed by atoms with Gasteiger partial charge < -0.3 is 5.32 Å². The van der Waals surface area contributed by atoms with Crippen LogP contribution >= 0.6 is 31.9 Å². The Morgan fingerprint density at radius 2 is 1.89 bits per heavy atom. The number of carbonyl (C=O) groups is 1. The second-order valence-corrected chi connectivity index (χ2v) is 5.27. The van der Waals surface area contributed by atoms with Crippen molar-refractivity contribution in [2.45, 2.75) is 0 Å². The summed E-state index contributed by atoms with van der Waals surface area (Å²) >= 11 is 6.37. The number of amides is 1. The van der Waals surface area contributed by atoms with Crippen molar-refractivity contribution >= 4 is 43.5 Å². The lowest BCUT2D eigenvalue weighted by Crippen LogP contribution is -2.14. The zero-order valence-corrected chi connectivity index (χ0v) is 12.1. The van der Waals surface area contributed by atoms with Crippen molar-refractivity contribution in [1.82, 2.24) is 4.98 Å². The van der Waals surface area contributed by atoms with E-state index in [-0.39, 0.29) is 11.4 Å². The maximum atomic E-state index is 13.5. The molecule has 0 unspecified atom stereocenters. The number of rotatable bonds is 2. The van der Waals surface area contributed by atoms with Crippen LogP contribution in [0.1, 0.15) is 10.5 Å². The summed E-state index contributed by atoms with van der Waals surface area (Å²) in [6.45, 7) is 0. The molecule has 0 spiro atoms. The predicted molar refractivity (Wildman–Crippen MR) is 74.0 cm³/mol. The second kappa shape index (κ2) is 5.58. The predicted octanol–water partition coefficient (Wildman–Crippen LogP) is 4.00. The Balaban J connectivity index is 2.18. The van der Waals surface area contributed by atoms with Crippen molar-refractivity contribution in [3.8, 4) is 0 Å². The number of anilines is 1.